The molecule has 0 radical (unpaired) electrons. The lowest BCUT2D eigenvalue weighted by Crippen LogP contribution is -2.39. The molecule has 0 saturated carbocycles. The van der Waals surface area contributed by atoms with Crippen LogP contribution in [0.4, 0.5) is 4.39 Å². The Hall–Kier alpha value is -3.82. The first-order valence-corrected chi connectivity index (χ1v) is 15.2. The van der Waals surface area contributed by atoms with E-state index in [1.165, 1.54) is 17.4 Å². The summed E-state index contributed by atoms with van der Waals surface area (Å²) in [6, 6.07) is 19.2. The highest BCUT2D eigenvalue weighted by Gasteiger charge is 2.33. The molecule has 0 N–H and O–H groups in total. The smallest absolute Gasteiger partial charge is 0.338 e. The second-order valence-electron chi connectivity index (χ2n) is 10.2. The summed E-state index contributed by atoms with van der Waals surface area (Å²) in [4.78, 5) is 32.2. The number of thiazole rings is 1. The minimum absolute atomic E-state index is 0.0868. The van der Waals surface area contributed by atoms with Gasteiger partial charge in [0.1, 0.15) is 18.2 Å². The maximum Gasteiger partial charge on any atom is 0.338 e. The van der Waals surface area contributed by atoms with E-state index in [0.29, 0.717) is 42.3 Å². The minimum Gasteiger partial charge on any atom is -0.488 e. The molecule has 0 fully saturated rings. The van der Waals surface area contributed by atoms with Crippen molar-refractivity contribution in [2.75, 3.05) is 6.61 Å². The van der Waals surface area contributed by atoms with Crippen LogP contribution in [-0.2, 0) is 16.1 Å². The molecule has 3 aromatic carbocycles. The van der Waals surface area contributed by atoms with Gasteiger partial charge in [0, 0.05) is 5.56 Å². The summed E-state index contributed by atoms with van der Waals surface area (Å²) in [6.45, 7) is 8.07. The third kappa shape index (κ3) is 6.03. The van der Waals surface area contributed by atoms with Crippen molar-refractivity contribution in [3.05, 3.63) is 130 Å². The summed E-state index contributed by atoms with van der Waals surface area (Å²) in [7, 11) is 0. The van der Waals surface area contributed by atoms with Crippen molar-refractivity contribution >= 4 is 39.3 Å². The number of fused-ring (bicyclic) bond motifs is 1. The summed E-state index contributed by atoms with van der Waals surface area (Å²) >= 11 is 4.80. The van der Waals surface area contributed by atoms with Gasteiger partial charge in [0.2, 0.25) is 0 Å². The predicted molar refractivity (Wildman–Crippen MR) is 166 cm³/mol. The molecular weight excluding hydrogens is 619 g/mol. The predicted octanol–water partition coefficient (Wildman–Crippen LogP) is 6.40. The Kier molecular flexibility index (Phi) is 8.89. The number of allylic oxidation sites excluding steroid dienone is 1. The molecule has 0 unspecified atom stereocenters. The van der Waals surface area contributed by atoms with E-state index in [9.17, 15) is 14.0 Å². The van der Waals surface area contributed by atoms with Crippen LogP contribution in [0, 0.1) is 5.82 Å². The van der Waals surface area contributed by atoms with Crippen molar-refractivity contribution in [2.45, 2.75) is 46.3 Å². The molecule has 9 heteroatoms. The van der Waals surface area contributed by atoms with Crippen LogP contribution in [0.5, 0.6) is 5.75 Å². The number of benzene rings is 3. The molecule has 216 valence electrons. The zero-order valence-corrected chi connectivity index (χ0v) is 26.1. The Balaban J connectivity index is 1.53. The number of halogens is 2. The average molecular weight is 650 g/mol. The van der Waals surface area contributed by atoms with Gasteiger partial charge in [-0.15, -0.1) is 0 Å². The Morgan fingerprint density at radius 3 is 2.55 bits per heavy atom. The number of rotatable bonds is 8. The molecule has 5 rings (SSSR count). The van der Waals surface area contributed by atoms with E-state index in [1.807, 2.05) is 36.4 Å². The first-order valence-electron chi connectivity index (χ1n) is 13.6. The van der Waals surface area contributed by atoms with Gasteiger partial charge in [0.05, 0.1) is 32.9 Å². The Labute approximate surface area is 255 Å². The number of aromatic nitrogens is 1. The third-order valence-corrected chi connectivity index (χ3v) is 8.63. The van der Waals surface area contributed by atoms with Gasteiger partial charge in [0.15, 0.2) is 4.80 Å². The quantitative estimate of drug-likeness (QED) is 0.207. The van der Waals surface area contributed by atoms with Crippen molar-refractivity contribution in [1.82, 2.24) is 4.57 Å². The molecule has 2 heterocycles. The van der Waals surface area contributed by atoms with Gasteiger partial charge < -0.3 is 9.47 Å². The highest BCUT2D eigenvalue weighted by molar-refractivity contribution is 9.10. The van der Waals surface area contributed by atoms with Gasteiger partial charge in [-0.05, 0) is 76.7 Å². The summed E-state index contributed by atoms with van der Waals surface area (Å²) in [6.07, 6.45) is 1.79. The molecule has 0 aliphatic carbocycles. The van der Waals surface area contributed by atoms with Crippen molar-refractivity contribution in [2.24, 2.45) is 4.99 Å². The SMILES string of the molecule is CCOC(=O)C1=C(C)N=c2sc(=Cc3ccc(OCc4ccccc4F)c(Br)c3)c(=O)n2[C@@H]1c1ccc(C(C)C)cc1. The van der Waals surface area contributed by atoms with Crippen molar-refractivity contribution in [3.8, 4) is 5.75 Å². The van der Waals surface area contributed by atoms with Crippen LogP contribution in [-0.4, -0.2) is 17.1 Å². The average Bonchev–Trinajstić information content (AvgIpc) is 3.26. The molecule has 4 aromatic rings. The highest BCUT2D eigenvalue weighted by atomic mass is 79.9. The number of carbonyl (C=O) groups excluding carboxylic acids is 1. The van der Waals surface area contributed by atoms with E-state index in [1.54, 1.807) is 48.8 Å². The van der Waals surface area contributed by atoms with Crippen LogP contribution < -0.4 is 19.6 Å². The monoisotopic (exact) mass is 648 g/mol. The fourth-order valence-corrected chi connectivity index (χ4v) is 6.37. The zero-order valence-electron chi connectivity index (χ0n) is 23.7. The second-order valence-corrected chi connectivity index (χ2v) is 12.1. The van der Waals surface area contributed by atoms with E-state index in [2.05, 4.69) is 34.8 Å². The molecule has 0 bridgehead atoms. The standard InChI is InChI=1S/C33H30BrFN2O4S/c1-5-40-32(39)29-20(4)36-33-37(30(29)23-13-11-22(12-14-23)19(2)3)31(38)28(42-33)17-21-10-15-27(25(34)16-21)41-18-24-8-6-7-9-26(24)35/h6-17,19,30H,5,18H2,1-4H3/t30-/m1/s1. The third-order valence-electron chi connectivity index (χ3n) is 7.03. The first-order chi connectivity index (χ1) is 20.2. The molecular formula is C33H30BrFN2O4S. The van der Waals surface area contributed by atoms with Crippen LogP contribution >= 0.6 is 27.3 Å². The first kappa shape index (κ1) is 29.7. The lowest BCUT2D eigenvalue weighted by molar-refractivity contribution is -0.139. The number of esters is 1. The zero-order chi connectivity index (χ0) is 30.0. The van der Waals surface area contributed by atoms with Crippen LogP contribution in [0.3, 0.4) is 0 Å². The van der Waals surface area contributed by atoms with Gasteiger partial charge in [0.25, 0.3) is 5.56 Å². The molecule has 1 aromatic heterocycles. The van der Waals surface area contributed by atoms with E-state index in [4.69, 9.17) is 9.47 Å². The highest BCUT2D eigenvalue weighted by Crippen LogP contribution is 2.32. The van der Waals surface area contributed by atoms with Gasteiger partial charge in [-0.3, -0.25) is 9.36 Å². The number of ether oxygens (including phenoxy) is 2. The van der Waals surface area contributed by atoms with E-state index in [0.717, 1.165) is 16.7 Å². The number of hydrogen-bond donors (Lipinski definition) is 0. The van der Waals surface area contributed by atoms with Crippen LogP contribution in [0.1, 0.15) is 61.9 Å². The largest absolute Gasteiger partial charge is 0.488 e. The number of nitrogens with zero attached hydrogens (tertiary/aromatic N) is 2. The number of carbonyl (C=O) groups is 1. The van der Waals surface area contributed by atoms with Crippen molar-refractivity contribution in [1.29, 1.82) is 0 Å². The minimum atomic E-state index is -0.662. The Morgan fingerprint density at radius 1 is 1.14 bits per heavy atom. The number of hydrogen-bond acceptors (Lipinski definition) is 6. The lowest BCUT2D eigenvalue weighted by Gasteiger charge is -2.25. The van der Waals surface area contributed by atoms with E-state index in [-0.39, 0.29) is 24.6 Å². The molecule has 1 aliphatic rings. The van der Waals surface area contributed by atoms with Crippen LogP contribution in [0.25, 0.3) is 6.08 Å². The molecule has 1 aliphatic heterocycles. The summed E-state index contributed by atoms with van der Waals surface area (Å²) < 4.78 is 27.9. The maximum atomic E-state index is 14.0. The van der Waals surface area contributed by atoms with Gasteiger partial charge in [-0.2, -0.15) is 0 Å². The van der Waals surface area contributed by atoms with E-state index >= 15 is 0 Å². The summed E-state index contributed by atoms with van der Waals surface area (Å²) in [5, 5.41) is 0. The van der Waals surface area contributed by atoms with E-state index < -0.39 is 12.0 Å². The summed E-state index contributed by atoms with van der Waals surface area (Å²) in [5.41, 5.74) is 3.83. The maximum absolute atomic E-state index is 14.0. The van der Waals surface area contributed by atoms with Gasteiger partial charge in [-0.1, -0.05) is 73.7 Å². The molecule has 0 spiro atoms. The lowest BCUT2D eigenvalue weighted by atomic mass is 9.93. The molecule has 0 amide bonds. The van der Waals surface area contributed by atoms with Crippen LogP contribution in [0.2, 0.25) is 0 Å². The Bertz CT molecular complexity index is 1860. The summed E-state index contributed by atoms with van der Waals surface area (Å²) in [5.74, 6) is 0.0897. The fraction of sp³-hybridized carbons (Fsp3) is 0.242. The molecule has 1 atom stereocenters. The van der Waals surface area contributed by atoms with Gasteiger partial charge in [-0.25, -0.2) is 14.2 Å². The van der Waals surface area contributed by atoms with Crippen molar-refractivity contribution < 1.29 is 18.7 Å². The second kappa shape index (κ2) is 12.6. The fourth-order valence-electron chi connectivity index (χ4n) is 4.82. The normalized spacial score (nSPS) is 15.0. The van der Waals surface area contributed by atoms with Crippen molar-refractivity contribution in [3.63, 3.8) is 0 Å². The van der Waals surface area contributed by atoms with Crippen LogP contribution in [0.15, 0.2) is 92.3 Å². The molecule has 42 heavy (non-hydrogen) atoms. The van der Waals surface area contributed by atoms with Gasteiger partial charge >= 0.3 is 5.97 Å². The molecule has 6 nitrogen and oxygen atoms in total. The molecule has 0 saturated heterocycles. The Morgan fingerprint density at radius 2 is 1.88 bits per heavy atom. The topological polar surface area (TPSA) is 69.9 Å².